The Morgan fingerprint density at radius 3 is 2.60 bits per heavy atom. The highest BCUT2D eigenvalue weighted by atomic mass is 16.3. The van der Waals surface area contributed by atoms with E-state index in [4.69, 9.17) is 0 Å². The van der Waals surface area contributed by atoms with Crippen molar-refractivity contribution in [2.24, 2.45) is 40.4 Å². The van der Waals surface area contributed by atoms with E-state index in [1.165, 1.54) is 0 Å². The number of carbonyl (C=O) groups is 2. The second-order valence-corrected chi connectivity index (χ2v) is 9.86. The first-order valence-electron chi connectivity index (χ1n) is 10.2. The van der Waals surface area contributed by atoms with E-state index >= 15 is 0 Å². The standard InChI is InChI=1S/C21H32O4/c1-20-8-7-13(23)9-12(20)3-4-14-15-5-6-16(18(25)11-22)21(15,2)10-17(24)19(14)20/h12-16,19,22-23H,3-11H2,1-2H3/t12?,13?,14?,15?,16?,19?,20-,21-/m0/s1. The van der Waals surface area contributed by atoms with Crippen LogP contribution in [0.25, 0.3) is 0 Å². The molecule has 0 bridgehead atoms. The SMILES string of the molecule is C[C@]12CCC(O)CC1CCC1C3CCC(C(=O)CO)[C@@]3(C)CC(=O)C12. The van der Waals surface area contributed by atoms with Crippen LogP contribution in [0.1, 0.15) is 65.2 Å². The zero-order chi connectivity index (χ0) is 18.0. The van der Waals surface area contributed by atoms with Crippen LogP contribution in [0.3, 0.4) is 0 Å². The highest BCUT2D eigenvalue weighted by Crippen LogP contribution is 2.66. The molecule has 0 spiro atoms. The van der Waals surface area contributed by atoms with Gasteiger partial charge in [0.1, 0.15) is 12.4 Å². The fourth-order valence-corrected chi connectivity index (χ4v) is 7.69. The van der Waals surface area contributed by atoms with E-state index in [1.807, 2.05) is 0 Å². The van der Waals surface area contributed by atoms with Crippen LogP contribution in [0.4, 0.5) is 0 Å². The molecule has 4 saturated carbocycles. The summed E-state index contributed by atoms with van der Waals surface area (Å²) in [5, 5.41) is 19.5. The van der Waals surface area contributed by atoms with Gasteiger partial charge in [-0.2, -0.15) is 0 Å². The lowest BCUT2D eigenvalue weighted by molar-refractivity contribution is -0.162. The topological polar surface area (TPSA) is 74.6 Å². The molecule has 4 heteroatoms. The minimum absolute atomic E-state index is 0.0274. The molecule has 4 nitrogen and oxygen atoms in total. The zero-order valence-electron chi connectivity index (χ0n) is 15.5. The summed E-state index contributed by atoms with van der Waals surface area (Å²) in [6, 6.07) is 0. The smallest absolute Gasteiger partial charge is 0.161 e. The van der Waals surface area contributed by atoms with Gasteiger partial charge in [0, 0.05) is 18.3 Å². The first-order valence-corrected chi connectivity index (χ1v) is 10.2. The summed E-state index contributed by atoms with van der Waals surface area (Å²) < 4.78 is 0. The van der Waals surface area contributed by atoms with E-state index in [0.717, 1.165) is 44.9 Å². The predicted molar refractivity (Wildman–Crippen MR) is 93.7 cm³/mol. The average Bonchev–Trinajstić information content (AvgIpc) is 2.91. The second kappa shape index (κ2) is 5.88. The molecule has 4 aliphatic rings. The molecule has 0 heterocycles. The van der Waals surface area contributed by atoms with Gasteiger partial charge in [-0.05, 0) is 73.5 Å². The van der Waals surface area contributed by atoms with Crippen LogP contribution in [0.5, 0.6) is 0 Å². The van der Waals surface area contributed by atoms with E-state index in [2.05, 4.69) is 13.8 Å². The number of ketones is 2. The minimum Gasteiger partial charge on any atom is -0.393 e. The molecule has 2 N–H and O–H groups in total. The van der Waals surface area contributed by atoms with Crippen molar-refractivity contribution in [1.82, 2.24) is 0 Å². The van der Waals surface area contributed by atoms with Crippen LogP contribution in [0.15, 0.2) is 0 Å². The predicted octanol–water partition coefficient (Wildman–Crippen LogP) is 2.75. The van der Waals surface area contributed by atoms with E-state index in [-0.39, 0.29) is 34.6 Å². The first kappa shape index (κ1) is 17.7. The van der Waals surface area contributed by atoms with Gasteiger partial charge >= 0.3 is 0 Å². The maximum Gasteiger partial charge on any atom is 0.161 e. The molecule has 4 aliphatic carbocycles. The number of hydrogen-bond donors (Lipinski definition) is 2. The van der Waals surface area contributed by atoms with Crippen LogP contribution in [0, 0.1) is 40.4 Å². The largest absolute Gasteiger partial charge is 0.393 e. The van der Waals surface area contributed by atoms with Crippen molar-refractivity contribution in [3.05, 3.63) is 0 Å². The number of aliphatic hydroxyl groups is 2. The molecule has 140 valence electrons. The van der Waals surface area contributed by atoms with E-state index in [0.29, 0.717) is 30.0 Å². The Bertz CT molecular complexity index is 586. The Kier molecular flexibility index (Phi) is 4.16. The van der Waals surface area contributed by atoms with E-state index < -0.39 is 6.61 Å². The third kappa shape index (κ3) is 2.39. The molecule has 0 aromatic carbocycles. The molecule has 8 atom stereocenters. The fourth-order valence-electron chi connectivity index (χ4n) is 7.69. The van der Waals surface area contributed by atoms with Crippen LogP contribution in [-0.2, 0) is 9.59 Å². The summed E-state index contributed by atoms with van der Waals surface area (Å²) in [6.07, 6.45) is 6.93. The van der Waals surface area contributed by atoms with Crippen molar-refractivity contribution in [3.63, 3.8) is 0 Å². The Labute approximate surface area is 150 Å². The summed E-state index contributed by atoms with van der Waals surface area (Å²) in [7, 11) is 0. The van der Waals surface area contributed by atoms with Crippen molar-refractivity contribution in [3.8, 4) is 0 Å². The van der Waals surface area contributed by atoms with Crippen LogP contribution >= 0.6 is 0 Å². The van der Waals surface area contributed by atoms with Crippen molar-refractivity contribution >= 4 is 11.6 Å². The van der Waals surface area contributed by atoms with Crippen molar-refractivity contribution < 1.29 is 19.8 Å². The molecule has 0 saturated heterocycles. The first-order chi connectivity index (χ1) is 11.8. The Morgan fingerprint density at radius 1 is 1.12 bits per heavy atom. The number of carbonyl (C=O) groups excluding carboxylic acids is 2. The van der Waals surface area contributed by atoms with Crippen LogP contribution in [-0.4, -0.2) is 34.5 Å². The Balaban J connectivity index is 1.66. The molecule has 0 aliphatic heterocycles. The molecular weight excluding hydrogens is 316 g/mol. The fraction of sp³-hybridized carbons (Fsp3) is 0.905. The molecule has 4 fully saturated rings. The Hall–Kier alpha value is -0.740. The lowest BCUT2D eigenvalue weighted by Crippen LogP contribution is -2.58. The van der Waals surface area contributed by atoms with Gasteiger partial charge in [-0.1, -0.05) is 13.8 Å². The molecule has 0 aromatic rings. The van der Waals surface area contributed by atoms with Gasteiger partial charge in [0.2, 0.25) is 0 Å². The van der Waals surface area contributed by atoms with Gasteiger partial charge in [0.05, 0.1) is 6.10 Å². The third-order valence-electron chi connectivity index (χ3n) is 8.87. The second-order valence-electron chi connectivity index (χ2n) is 9.86. The lowest BCUT2D eigenvalue weighted by atomic mass is 9.44. The van der Waals surface area contributed by atoms with Gasteiger partial charge in [-0.3, -0.25) is 9.59 Å². The maximum atomic E-state index is 13.3. The van der Waals surface area contributed by atoms with Gasteiger partial charge in [0.15, 0.2) is 5.78 Å². The quantitative estimate of drug-likeness (QED) is 0.805. The molecule has 4 rings (SSSR count). The maximum absolute atomic E-state index is 13.3. The summed E-state index contributed by atoms with van der Waals surface area (Å²) >= 11 is 0. The number of Topliss-reactive ketones (excluding diaryl/α,β-unsaturated/α-hetero) is 2. The molecule has 0 radical (unpaired) electrons. The highest BCUT2D eigenvalue weighted by Gasteiger charge is 2.63. The highest BCUT2D eigenvalue weighted by molar-refractivity contribution is 5.88. The van der Waals surface area contributed by atoms with Gasteiger partial charge in [-0.15, -0.1) is 0 Å². The molecule has 25 heavy (non-hydrogen) atoms. The van der Waals surface area contributed by atoms with Crippen LogP contribution < -0.4 is 0 Å². The minimum atomic E-state index is -0.396. The number of rotatable bonds is 2. The molecular formula is C21H32O4. The summed E-state index contributed by atoms with van der Waals surface area (Å²) in [5.74, 6) is 1.52. The van der Waals surface area contributed by atoms with Crippen molar-refractivity contribution in [1.29, 1.82) is 0 Å². The lowest BCUT2D eigenvalue weighted by Gasteiger charge is -2.59. The average molecular weight is 348 g/mol. The van der Waals surface area contributed by atoms with Gasteiger partial charge in [-0.25, -0.2) is 0 Å². The van der Waals surface area contributed by atoms with E-state index in [9.17, 15) is 19.8 Å². The van der Waals surface area contributed by atoms with Crippen LogP contribution in [0.2, 0.25) is 0 Å². The van der Waals surface area contributed by atoms with Crippen molar-refractivity contribution in [2.75, 3.05) is 6.61 Å². The number of aliphatic hydroxyl groups excluding tert-OH is 2. The van der Waals surface area contributed by atoms with Gasteiger partial charge in [0.25, 0.3) is 0 Å². The molecule has 0 aromatic heterocycles. The Morgan fingerprint density at radius 2 is 1.88 bits per heavy atom. The normalized spacial score (nSPS) is 52.2. The summed E-state index contributed by atoms with van der Waals surface area (Å²) in [4.78, 5) is 25.6. The third-order valence-corrected chi connectivity index (χ3v) is 8.87. The molecule has 6 unspecified atom stereocenters. The monoisotopic (exact) mass is 348 g/mol. The van der Waals surface area contributed by atoms with Gasteiger partial charge < -0.3 is 10.2 Å². The van der Waals surface area contributed by atoms with E-state index in [1.54, 1.807) is 0 Å². The number of fused-ring (bicyclic) bond motifs is 5. The number of hydrogen-bond acceptors (Lipinski definition) is 4. The zero-order valence-corrected chi connectivity index (χ0v) is 15.5. The van der Waals surface area contributed by atoms with Crippen molar-refractivity contribution in [2.45, 2.75) is 71.3 Å². The summed E-state index contributed by atoms with van der Waals surface area (Å²) in [5.41, 5.74) is -0.227. The molecule has 0 amide bonds. The summed E-state index contributed by atoms with van der Waals surface area (Å²) in [6.45, 7) is 4.04.